The third-order valence-corrected chi connectivity index (χ3v) is 4.24. The van der Waals surface area contributed by atoms with Gasteiger partial charge < -0.3 is 9.64 Å². The highest BCUT2D eigenvalue weighted by Gasteiger charge is 2.08. The van der Waals surface area contributed by atoms with Gasteiger partial charge in [0.05, 0.1) is 0 Å². The molecule has 0 aromatic heterocycles. The van der Waals surface area contributed by atoms with Crippen LogP contribution in [0.15, 0.2) is 47.4 Å². The zero-order valence-corrected chi connectivity index (χ0v) is 15.0. The molecule has 0 unspecified atom stereocenters. The summed E-state index contributed by atoms with van der Waals surface area (Å²) >= 11 is 1.68. The summed E-state index contributed by atoms with van der Waals surface area (Å²) in [5.74, 6) is 1.46. The fourth-order valence-corrected chi connectivity index (χ4v) is 2.85. The lowest BCUT2D eigenvalue weighted by atomic mass is 10.1. The minimum atomic E-state index is -2.68. The highest BCUT2D eigenvalue weighted by atomic mass is 32.2. The number of anilines is 1. The summed E-state index contributed by atoms with van der Waals surface area (Å²) in [6.07, 6.45) is 2.03. The van der Waals surface area contributed by atoms with Crippen LogP contribution in [0.1, 0.15) is 5.56 Å². The second kappa shape index (κ2) is 8.24. The van der Waals surface area contributed by atoms with Gasteiger partial charge in [0.2, 0.25) is 10.9 Å². The van der Waals surface area contributed by atoms with Crippen molar-refractivity contribution in [3.05, 3.63) is 48.0 Å². The Morgan fingerprint density at radius 2 is 1.83 bits per heavy atom. The molecule has 1 N–H and O–H groups in total. The monoisotopic (exact) mass is 352 g/mol. The SMILES string of the molecule is CSc1ccc(Oc2ccc(N[SH](=O)=O)cc2CN(C)C)cc1. The van der Waals surface area contributed by atoms with Gasteiger partial charge in [-0.25, -0.2) is 8.42 Å². The van der Waals surface area contributed by atoms with Crippen LogP contribution in [0.5, 0.6) is 11.5 Å². The highest BCUT2D eigenvalue weighted by molar-refractivity contribution is 7.98. The molecule has 0 atom stereocenters. The summed E-state index contributed by atoms with van der Waals surface area (Å²) in [4.78, 5) is 3.17. The maximum Gasteiger partial charge on any atom is 0.222 e. The Bertz CT molecular complexity index is 721. The number of nitrogens with zero attached hydrogens (tertiary/aromatic N) is 1. The molecule has 2 aromatic rings. The Morgan fingerprint density at radius 3 is 2.39 bits per heavy atom. The van der Waals surface area contributed by atoms with Crippen molar-refractivity contribution in [2.45, 2.75) is 11.4 Å². The van der Waals surface area contributed by atoms with Crippen LogP contribution < -0.4 is 9.46 Å². The molecule has 124 valence electrons. The molecule has 0 amide bonds. The standard InChI is InChI=1S/C16H20N2O3S2/c1-18(2)11-12-10-13(17-23(19)20)4-9-16(12)21-14-5-7-15(22-3)8-6-14/h4-10,23H,11H2,1-3H3,(H,17,19,20). The molecule has 7 heteroatoms. The molecular weight excluding hydrogens is 332 g/mol. The van der Waals surface area contributed by atoms with Crippen LogP contribution in [0, 0.1) is 0 Å². The van der Waals surface area contributed by atoms with Gasteiger partial charge in [-0.05, 0) is 62.8 Å². The van der Waals surface area contributed by atoms with Crippen molar-refractivity contribution in [3.63, 3.8) is 0 Å². The van der Waals surface area contributed by atoms with E-state index in [2.05, 4.69) is 4.72 Å². The maximum atomic E-state index is 10.8. The molecule has 0 saturated carbocycles. The fraction of sp³-hybridized carbons (Fsp3) is 0.250. The summed E-state index contributed by atoms with van der Waals surface area (Å²) in [6.45, 7) is 0.642. The molecular formula is C16H20N2O3S2. The van der Waals surface area contributed by atoms with Gasteiger partial charge in [-0.1, -0.05) is 0 Å². The van der Waals surface area contributed by atoms with Crippen molar-refractivity contribution in [2.75, 3.05) is 25.1 Å². The topological polar surface area (TPSA) is 58.6 Å². The van der Waals surface area contributed by atoms with E-state index in [1.165, 1.54) is 4.90 Å². The molecule has 0 saturated heterocycles. The molecule has 0 aliphatic carbocycles. The van der Waals surface area contributed by atoms with Gasteiger partial charge in [0.15, 0.2) is 0 Å². The lowest BCUT2D eigenvalue weighted by Gasteiger charge is -2.16. The second-order valence-electron chi connectivity index (χ2n) is 5.21. The van der Waals surface area contributed by atoms with Gasteiger partial charge in [-0.2, -0.15) is 0 Å². The molecule has 0 radical (unpaired) electrons. The van der Waals surface area contributed by atoms with Crippen LogP contribution in [0.4, 0.5) is 5.69 Å². The van der Waals surface area contributed by atoms with Crippen molar-refractivity contribution < 1.29 is 13.2 Å². The number of thiol groups is 1. The van der Waals surface area contributed by atoms with E-state index >= 15 is 0 Å². The third kappa shape index (κ3) is 5.46. The molecule has 0 fully saturated rings. The fourth-order valence-electron chi connectivity index (χ4n) is 2.09. The number of hydrogen-bond acceptors (Lipinski definition) is 5. The van der Waals surface area contributed by atoms with Crippen LogP contribution in [-0.2, 0) is 17.4 Å². The van der Waals surface area contributed by atoms with E-state index in [0.717, 1.165) is 11.3 Å². The van der Waals surface area contributed by atoms with Gasteiger partial charge in [0, 0.05) is 22.7 Å². The summed E-state index contributed by atoms with van der Waals surface area (Å²) < 4.78 is 30.0. The Labute approximate surface area is 142 Å². The van der Waals surface area contributed by atoms with Gasteiger partial charge in [-0.15, -0.1) is 11.8 Å². The highest BCUT2D eigenvalue weighted by Crippen LogP contribution is 2.29. The molecule has 0 spiro atoms. The first-order valence-electron chi connectivity index (χ1n) is 6.98. The van der Waals surface area contributed by atoms with Crippen molar-refractivity contribution in [1.29, 1.82) is 0 Å². The number of benzene rings is 2. The van der Waals surface area contributed by atoms with Crippen LogP contribution in [0.2, 0.25) is 0 Å². The lowest BCUT2D eigenvalue weighted by molar-refractivity contribution is 0.388. The average molecular weight is 352 g/mol. The van der Waals surface area contributed by atoms with E-state index in [1.54, 1.807) is 30.0 Å². The normalized spacial score (nSPS) is 11.0. The smallest absolute Gasteiger partial charge is 0.222 e. The summed E-state index contributed by atoms with van der Waals surface area (Å²) in [5, 5.41) is 0. The molecule has 0 bridgehead atoms. The lowest BCUT2D eigenvalue weighted by Crippen LogP contribution is -2.11. The molecule has 23 heavy (non-hydrogen) atoms. The number of ether oxygens (including phenoxy) is 1. The largest absolute Gasteiger partial charge is 0.457 e. The van der Waals surface area contributed by atoms with Gasteiger partial charge in [-0.3, -0.25) is 4.72 Å². The van der Waals surface area contributed by atoms with Crippen LogP contribution in [0.25, 0.3) is 0 Å². The van der Waals surface area contributed by atoms with E-state index in [9.17, 15) is 8.42 Å². The van der Waals surface area contributed by atoms with E-state index in [-0.39, 0.29) is 0 Å². The molecule has 0 aliphatic heterocycles. The number of rotatable bonds is 7. The predicted molar refractivity (Wildman–Crippen MR) is 96.1 cm³/mol. The number of thioether (sulfide) groups is 1. The molecule has 0 heterocycles. The maximum absolute atomic E-state index is 10.8. The minimum absolute atomic E-state index is 0.531. The molecule has 2 rings (SSSR count). The Balaban J connectivity index is 2.27. The van der Waals surface area contributed by atoms with E-state index in [1.807, 2.05) is 49.5 Å². The quantitative estimate of drug-likeness (QED) is 0.592. The zero-order chi connectivity index (χ0) is 16.8. The summed E-state index contributed by atoms with van der Waals surface area (Å²) in [5.41, 5.74) is 1.44. The average Bonchev–Trinajstić information content (AvgIpc) is 2.49. The van der Waals surface area contributed by atoms with Crippen molar-refractivity contribution in [3.8, 4) is 11.5 Å². The predicted octanol–water partition coefficient (Wildman–Crippen LogP) is 3.20. The first-order valence-corrected chi connectivity index (χ1v) is 9.39. The molecule has 0 aliphatic rings. The zero-order valence-electron chi connectivity index (χ0n) is 13.3. The van der Waals surface area contributed by atoms with Gasteiger partial charge >= 0.3 is 0 Å². The Hall–Kier alpha value is -1.70. The molecule has 5 nitrogen and oxygen atoms in total. The first kappa shape index (κ1) is 17.7. The number of nitrogens with one attached hydrogen (secondary N) is 1. The van der Waals surface area contributed by atoms with Crippen molar-refractivity contribution in [2.24, 2.45) is 0 Å². The summed E-state index contributed by atoms with van der Waals surface area (Å²) in [7, 11) is 1.22. The minimum Gasteiger partial charge on any atom is -0.457 e. The van der Waals surface area contributed by atoms with E-state index in [4.69, 9.17) is 4.74 Å². The van der Waals surface area contributed by atoms with E-state index < -0.39 is 10.9 Å². The van der Waals surface area contributed by atoms with Crippen molar-refractivity contribution in [1.82, 2.24) is 4.90 Å². The Morgan fingerprint density at radius 1 is 1.13 bits per heavy atom. The first-order chi connectivity index (χ1) is 11.0. The van der Waals surface area contributed by atoms with Crippen LogP contribution >= 0.6 is 11.8 Å². The second-order valence-corrected chi connectivity index (χ2v) is 6.82. The third-order valence-electron chi connectivity index (χ3n) is 3.05. The van der Waals surface area contributed by atoms with Gasteiger partial charge in [0.25, 0.3) is 0 Å². The summed E-state index contributed by atoms with van der Waals surface area (Å²) in [6, 6.07) is 13.1. The Kier molecular flexibility index (Phi) is 6.32. The molecule has 2 aromatic carbocycles. The van der Waals surface area contributed by atoms with Crippen molar-refractivity contribution >= 4 is 28.3 Å². The van der Waals surface area contributed by atoms with E-state index in [0.29, 0.717) is 18.0 Å². The number of hydrogen-bond donors (Lipinski definition) is 2. The van der Waals surface area contributed by atoms with Gasteiger partial charge in [0.1, 0.15) is 11.5 Å². The van der Waals surface area contributed by atoms with Crippen LogP contribution in [0.3, 0.4) is 0 Å². The van der Waals surface area contributed by atoms with Crippen LogP contribution in [-0.4, -0.2) is 33.7 Å².